The minimum Gasteiger partial charge on any atom is -0.754 e. The van der Waals surface area contributed by atoms with Crippen molar-refractivity contribution in [2.45, 2.75) is 64.2 Å². The molecule has 1 aliphatic rings. The smallest absolute Gasteiger partial charge is 0.346 e. The van der Waals surface area contributed by atoms with Crippen LogP contribution in [0.25, 0.3) is 0 Å². The molecule has 0 unspecified atom stereocenters. The van der Waals surface area contributed by atoms with Crippen molar-refractivity contribution in [3.63, 3.8) is 0 Å². The van der Waals surface area contributed by atoms with Gasteiger partial charge in [0.1, 0.15) is 0 Å². The highest BCUT2D eigenvalue weighted by Crippen LogP contribution is 2.18. The van der Waals surface area contributed by atoms with Crippen molar-refractivity contribution < 1.29 is 24.5 Å². The Hall–Kier alpha value is -2.78. The summed E-state index contributed by atoms with van der Waals surface area (Å²) < 4.78 is 0.438. The number of aliphatic carboxylic acids is 2. The van der Waals surface area contributed by atoms with E-state index in [-0.39, 0.29) is 24.6 Å². The maximum atomic E-state index is 11.2. The van der Waals surface area contributed by atoms with Crippen molar-refractivity contribution in [2.75, 3.05) is 29.5 Å². The summed E-state index contributed by atoms with van der Waals surface area (Å²) in [6, 6.07) is 1.58. The van der Waals surface area contributed by atoms with Gasteiger partial charge in [-0.25, -0.2) is 4.73 Å². The first kappa shape index (κ1) is 23.3. The van der Waals surface area contributed by atoms with Crippen LogP contribution in [0.3, 0.4) is 0 Å². The number of piperidine rings is 1. The first-order chi connectivity index (χ1) is 13.3. The number of nitrogen functional groups attached to an aromatic ring is 2. The van der Waals surface area contributed by atoms with Crippen molar-refractivity contribution in [3.8, 4) is 0 Å². The van der Waals surface area contributed by atoms with Crippen molar-refractivity contribution in [1.29, 1.82) is 0 Å². The number of nitrogens with two attached hydrogens (primary N) is 2. The normalized spacial score (nSPS) is 13.5. The van der Waals surface area contributed by atoms with Crippen molar-refractivity contribution >= 4 is 29.5 Å². The Morgan fingerprint density at radius 2 is 1.50 bits per heavy atom. The van der Waals surface area contributed by atoms with Crippen LogP contribution in [-0.4, -0.2) is 40.2 Å². The van der Waals surface area contributed by atoms with Gasteiger partial charge in [0.25, 0.3) is 0 Å². The van der Waals surface area contributed by atoms with E-state index in [2.05, 4.69) is 9.88 Å². The van der Waals surface area contributed by atoms with Gasteiger partial charge in [0.05, 0.1) is 6.07 Å². The van der Waals surface area contributed by atoms with Gasteiger partial charge in [-0.05, 0) is 32.1 Å². The quantitative estimate of drug-likeness (QED) is 0.275. The summed E-state index contributed by atoms with van der Waals surface area (Å²) in [5, 5.41) is 27.8. The van der Waals surface area contributed by atoms with Crippen LogP contribution in [-0.2, 0) is 9.59 Å². The van der Waals surface area contributed by atoms with Gasteiger partial charge in [0.2, 0.25) is 0 Å². The molecule has 0 bridgehead atoms. The molecule has 1 fully saturated rings. The van der Waals surface area contributed by atoms with Crippen LogP contribution in [0, 0.1) is 5.21 Å². The minimum absolute atomic E-state index is 0.0874. The molecule has 1 aliphatic heterocycles. The Kier molecular flexibility index (Phi) is 10.4. The minimum atomic E-state index is -0.759. The highest BCUT2D eigenvalue weighted by atomic mass is 16.5. The molecule has 0 amide bonds. The fourth-order valence-electron chi connectivity index (χ4n) is 2.89. The number of hydrogen-bond acceptors (Lipinski definition) is 7. The number of unbranched alkanes of at least 4 members (excludes halogenated alkanes) is 4. The van der Waals surface area contributed by atoms with Crippen LogP contribution in [0.1, 0.15) is 64.2 Å². The van der Waals surface area contributed by atoms with E-state index in [1.807, 2.05) is 0 Å². The SMILES string of the molecule is Nc1cc(N2CCCCC2)nc(N)[n+]1[O-].O=C(O)CCCCCCCC(=O)O. The van der Waals surface area contributed by atoms with Crippen LogP contribution in [0.15, 0.2) is 6.07 Å². The van der Waals surface area contributed by atoms with Crippen LogP contribution in [0.4, 0.5) is 17.6 Å². The lowest BCUT2D eigenvalue weighted by molar-refractivity contribution is -0.576. The lowest BCUT2D eigenvalue weighted by Crippen LogP contribution is -2.38. The summed E-state index contributed by atoms with van der Waals surface area (Å²) in [6.45, 7) is 1.91. The fraction of sp³-hybridized carbons (Fsp3) is 0.667. The highest BCUT2D eigenvalue weighted by Gasteiger charge is 2.16. The molecule has 28 heavy (non-hydrogen) atoms. The fourth-order valence-corrected chi connectivity index (χ4v) is 2.89. The van der Waals surface area contributed by atoms with E-state index in [9.17, 15) is 14.8 Å². The van der Waals surface area contributed by atoms with Gasteiger partial charge in [-0.2, -0.15) is 0 Å². The number of carboxylic acids is 2. The van der Waals surface area contributed by atoms with Crippen LogP contribution in [0.2, 0.25) is 0 Å². The molecule has 0 saturated carbocycles. The molecular weight excluding hydrogens is 366 g/mol. The Labute approximate surface area is 164 Å². The summed E-state index contributed by atoms with van der Waals surface area (Å²) in [4.78, 5) is 26.3. The van der Waals surface area contributed by atoms with Gasteiger partial charge in [0.15, 0.2) is 11.6 Å². The third kappa shape index (κ3) is 9.24. The number of nitrogens with zero attached hydrogens (tertiary/aromatic N) is 3. The van der Waals surface area contributed by atoms with Gasteiger partial charge >= 0.3 is 17.9 Å². The third-order valence-corrected chi connectivity index (χ3v) is 4.41. The standard InChI is InChI=1S/C9H15N5O.C9H16O4/c10-7-6-8(12-9(11)14(7)15)13-4-2-1-3-5-13;10-8(11)6-4-2-1-3-5-7-9(12)13/h6H,1-5,10H2,(H2,11,12);1-7H2,(H,10,11)(H,12,13). The largest absolute Gasteiger partial charge is 0.754 e. The molecule has 1 saturated heterocycles. The second-order valence-electron chi connectivity index (χ2n) is 6.79. The van der Waals surface area contributed by atoms with E-state index >= 15 is 0 Å². The summed E-state index contributed by atoms with van der Waals surface area (Å²) in [5.41, 5.74) is 11.0. The lowest BCUT2D eigenvalue weighted by Gasteiger charge is -2.26. The van der Waals surface area contributed by atoms with Crippen molar-refractivity contribution in [3.05, 3.63) is 11.3 Å². The Morgan fingerprint density at radius 3 is 1.96 bits per heavy atom. The second-order valence-corrected chi connectivity index (χ2v) is 6.79. The zero-order chi connectivity index (χ0) is 20.9. The molecule has 0 aliphatic carbocycles. The molecule has 2 heterocycles. The molecule has 0 aromatic carbocycles. The number of carboxylic acid groups (broad SMARTS) is 2. The molecule has 1 aromatic rings. The summed E-state index contributed by atoms with van der Waals surface area (Å²) >= 11 is 0. The van der Waals surface area contributed by atoms with E-state index in [1.165, 1.54) is 6.42 Å². The van der Waals surface area contributed by atoms with Gasteiger partial charge in [0, 0.05) is 25.9 Å². The lowest BCUT2D eigenvalue weighted by atomic mass is 10.1. The van der Waals surface area contributed by atoms with Gasteiger partial charge in [-0.1, -0.05) is 24.2 Å². The average molecular weight is 397 g/mol. The molecule has 1 aromatic heterocycles. The Balaban J connectivity index is 0.000000284. The zero-order valence-corrected chi connectivity index (χ0v) is 16.2. The topological polar surface area (TPSA) is 170 Å². The maximum absolute atomic E-state index is 11.2. The molecule has 10 heteroatoms. The maximum Gasteiger partial charge on any atom is 0.346 e. The van der Waals surface area contributed by atoms with E-state index in [0.29, 0.717) is 23.4 Å². The number of rotatable bonds is 9. The Morgan fingerprint density at radius 1 is 1.00 bits per heavy atom. The van der Waals surface area contributed by atoms with Gasteiger partial charge < -0.3 is 31.8 Å². The summed E-state index contributed by atoms with van der Waals surface area (Å²) in [7, 11) is 0. The zero-order valence-electron chi connectivity index (χ0n) is 16.2. The monoisotopic (exact) mass is 397 g/mol. The summed E-state index contributed by atoms with van der Waals surface area (Å²) in [6.07, 6.45) is 8.07. The highest BCUT2D eigenvalue weighted by molar-refractivity contribution is 5.66. The van der Waals surface area contributed by atoms with Crippen LogP contribution >= 0.6 is 0 Å². The molecular formula is C18H31N5O5. The van der Waals surface area contributed by atoms with E-state index in [1.54, 1.807) is 6.07 Å². The molecule has 10 nitrogen and oxygen atoms in total. The van der Waals surface area contributed by atoms with Crippen molar-refractivity contribution in [1.82, 2.24) is 4.98 Å². The van der Waals surface area contributed by atoms with E-state index in [0.717, 1.165) is 45.2 Å². The Bertz CT molecular complexity index is 594. The molecule has 0 atom stereocenters. The molecule has 158 valence electrons. The molecule has 0 radical (unpaired) electrons. The van der Waals surface area contributed by atoms with Crippen LogP contribution < -0.4 is 21.1 Å². The third-order valence-electron chi connectivity index (χ3n) is 4.41. The van der Waals surface area contributed by atoms with Crippen molar-refractivity contribution in [2.24, 2.45) is 0 Å². The first-order valence-electron chi connectivity index (χ1n) is 9.65. The number of aromatic nitrogens is 2. The number of anilines is 3. The van der Waals surface area contributed by atoms with Crippen LogP contribution in [0.5, 0.6) is 0 Å². The average Bonchev–Trinajstić information content (AvgIpc) is 2.65. The number of carbonyl (C=O) groups is 2. The predicted molar refractivity (Wildman–Crippen MR) is 106 cm³/mol. The second kappa shape index (κ2) is 12.6. The molecule has 6 N–H and O–H groups in total. The van der Waals surface area contributed by atoms with Gasteiger partial charge in [-0.15, -0.1) is 0 Å². The van der Waals surface area contributed by atoms with E-state index in [4.69, 9.17) is 21.7 Å². The van der Waals surface area contributed by atoms with Gasteiger partial charge in [-0.3, -0.25) is 9.59 Å². The predicted octanol–water partition coefficient (Wildman–Crippen LogP) is 1.76. The number of hydrogen-bond donors (Lipinski definition) is 4. The molecule has 2 rings (SSSR count). The first-order valence-corrected chi connectivity index (χ1v) is 9.65. The van der Waals surface area contributed by atoms with E-state index < -0.39 is 11.9 Å². The molecule has 0 spiro atoms. The summed E-state index contributed by atoms with van der Waals surface area (Å²) in [5.74, 6) is -0.800.